The maximum atomic E-state index is 8.94. The Morgan fingerprint density at radius 2 is 1.95 bits per heavy atom. The van der Waals surface area contributed by atoms with Crippen LogP contribution < -0.4 is 15.4 Å². The van der Waals surface area contributed by atoms with E-state index in [0.717, 1.165) is 11.4 Å². The molecule has 96 valence electrons. The SMILES string of the molecule is COc1cccc(N(C)c2cccc(C#N)c2)c1N. The summed E-state index contributed by atoms with van der Waals surface area (Å²) in [6.45, 7) is 0. The third-order valence-corrected chi connectivity index (χ3v) is 2.99. The molecule has 2 rings (SSSR count). The third kappa shape index (κ3) is 2.45. The van der Waals surface area contributed by atoms with Crippen molar-refractivity contribution in [3.05, 3.63) is 48.0 Å². The van der Waals surface area contributed by atoms with Gasteiger partial charge in [-0.15, -0.1) is 0 Å². The summed E-state index contributed by atoms with van der Waals surface area (Å²) in [5, 5.41) is 8.94. The number of nitrogen functional groups attached to an aromatic ring is 1. The van der Waals surface area contributed by atoms with E-state index in [0.29, 0.717) is 17.0 Å². The smallest absolute Gasteiger partial charge is 0.143 e. The van der Waals surface area contributed by atoms with Gasteiger partial charge in [0.15, 0.2) is 0 Å². The molecule has 2 aromatic carbocycles. The molecule has 0 bridgehead atoms. The van der Waals surface area contributed by atoms with Crippen molar-refractivity contribution in [3.8, 4) is 11.8 Å². The van der Waals surface area contributed by atoms with Crippen LogP contribution in [0.15, 0.2) is 42.5 Å². The molecule has 2 aromatic rings. The molecule has 2 N–H and O–H groups in total. The van der Waals surface area contributed by atoms with Gasteiger partial charge in [0.1, 0.15) is 5.75 Å². The van der Waals surface area contributed by atoms with Crippen LogP contribution in [0.2, 0.25) is 0 Å². The van der Waals surface area contributed by atoms with E-state index in [1.165, 1.54) is 0 Å². The maximum absolute atomic E-state index is 8.94. The van der Waals surface area contributed by atoms with E-state index in [9.17, 15) is 0 Å². The summed E-state index contributed by atoms with van der Waals surface area (Å²) in [5.41, 5.74) is 9.01. The standard InChI is InChI=1S/C15H15N3O/c1-18(12-6-3-5-11(9-12)10-16)13-7-4-8-14(19-2)15(13)17/h3-9H,17H2,1-2H3. The first-order chi connectivity index (χ1) is 9.17. The van der Waals surface area contributed by atoms with E-state index in [4.69, 9.17) is 15.7 Å². The number of rotatable bonds is 3. The molecule has 0 aliphatic heterocycles. The highest BCUT2D eigenvalue weighted by atomic mass is 16.5. The lowest BCUT2D eigenvalue weighted by molar-refractivity contribution is 0.417. The second kappa shape index (κ2) is 5.32. The zero-order chi connectivity index (χ0) is 13.8. The number of methoxy groups -OCH3 is 1. The van der Waals surface area contributed by atoms with Gasteiger partial charge in [-0.1, -0.05) is 12.1 Å². The number of benzene rings is 2. The number of hydrogen-bond donors (Lipinski definition) is 1. The van der Waals surface area contributed by atoms with Crippen LogP contribution >= 0.6 is 0 Å². The highest BCUT2D eigenvalue weighted by molar-refractivity contribution is 5.79. The number of para-hydroxylation sites is 1. The molecule has 0 fully saturated rings. The summed E-state index contributed by atoms with van der Waals surface area (Å²) < 4.78 is 5.21. The summed E-state index contributed by atoms with van der Waals surface area (Å²) >= 11 is 0. The molecule has 0 saturated carbocycles. The number of nitrogens with zero attached hydrogens (tertiary/aromatic N) is 2. The summed E-state index contributed by atoms with van der Waals surface area (Å²) in [7, 11) is 3.49. The molecular formula is C15H15N3O. The lowest BCUT2D eigenvalue weighted by atomic mass is 10.1. The topological polar surface area (TPSA) is 62.3 Å². The predicted octanol–water partition coefficient (Wildman–Crippen LogP) is 2.92. The molecule has 4 heteroatoms. The first-order valence-electron chi connectivity index (χ1n) is 5.83. The molecule has 19 heavy (non-hydrogen) atoms. The van der Waals surface area contributed by atoms with Gasteiger partial charge in [0.25, 0.3) is 0 Å². The molecule has 0 atom stereocenters. The Bertz CT molecular complexity index is 632. The van der Waals surface area contributed by atoms with E-state index < -0.39 is 0 Å². The van der Waals surface area contributed by atoms with Crippen molar-refractivity contribution in [2.75, 3.05) is 24.8 Å². The quantitative estimate of drug-likeness (QED) is 0.854. The van der Waals surface area contributed by atoms with Gasteiger partial charge in [-0.05, 0) is 30.3 Å². The minimum absolute atomic E-state index is 0.579. The molecular weight excluding hydrogens is 238 g/mol. The van der Waals surface area contributed by atoms with E-state index in [2.05, 4.69) is 6.07 Å². The van der Waals surface area contributed by atoms with Crippen molar-refractivity contribution in [2.24, 2.45) is 0 Å². The van der Waals surface area contributed by atoms with Gasteiger partial charge in [-0.2, -0.15) is 5.26 Å². The Hall–Kier alpha value is -2.67. The molecule has 0 spiro atoms. The Kier molecular flexibility index (Phi) is 3.58. The van der Waals surface area contributed by atoms with Gasteiger partial charge in [-0.3, -0.25) is 0 Å². The summed E-state index contributed by atoms with van der Waals surface area (Å²) in [6.07, 6.45) is 0. The maximum Gasteiger partial charge on any atom is 0.143 e. The molecule has 4 nitrogen and oxygen atoms in total. The zero-order valence-electron chi connectivity index (χ0n) is 10.9. The van der Waals surface area contributed by atoms with Crippen LogP contribution in [0.3, 0.4) is 0 Å². The highest BCUT2D eigenvalue weighted by Crippen LogP contribution is 2.35. The summed E-state index contributed by atoms with van der Waals surface area (Å²) in [6, 6.07) is 15.1. The fourth-order valence-corrected chi connectivity index (χ4v) is 1.93. The van der Waals surface area contributed by atoms with Gasteiger partial charge < -0.3 is 15.4 Å². The number of hydrogen-bond acceptors (Lipinski definition) is 4. The lowest BCUT2D eigenvalue weighted by Crippen LogP contribution is -2.12. The van der Waals surface area contributed by atoms with Crippen LogP contribution in [0, 0.1) is 11.3 Å². The summed E-state index contributed by atoms with van der Waals surface area (Å²) in [5.74, 6) is 0.640. The van der Waals surface area contributed by atoms with Gasteiger partial charge in [0.2, 0.25) is 0 Å². The van der Waals surface area contributed by atoms with Crippen LogP contribution in [0.1, 0.15) is 5.56 Å². The highest BCUT2D eigenvalue weighted by Gasteiger charge is 2.11. The normalized spacial score (nSPS) is 9.74. The molecule has 0 aliphatic rings. The monoisotopic (exact) mass is 253 g/mol. The molecule has 0 heterocycles. The number of ether oxygens (including phenoxy) is 1. The fourth-order valence-electron chi connectivity index (χ4n) is 1.93. The number of anilines is 3. The third-order valence-electron chi connectivity index (χ3n) is 2.99. The number of nitriles is 1. The molecule has 0 unspecified atom stereocenters. The molecule has 0 radical (unpaired) electrons. The first kappa shape index (κ1) is 12.8. The Labute approximate surface area is 112 Å². The van der Waals surface area contributed by atoms with Crippen LogP contribution in [-0.4, -0.2) is 14.2 Å². The minimum atomic E-state index is 0.579. The van der Waals surface area contributed by atoms with Crippen molar-refractivity contribution in [3.63, 3.8) is 0 Å². The van der Waals surface area contributed by atoms with Crippen molar-refractivity contribution >= 4 is 17.1 Å². The molecule has 0 aromatic heterocycles. The largest absolute Gasteiger partial charge is 0.495 e. The predicted molar refractivity (Wildman–Crippen MR) is 76.6 cm³/mol. The van der Waals surface area contributed by atoms with Gasteiger partial charge in [-0.25, -0.2) is 0 Å². The molecule has 0 aliphatic carbocycles. The average molecular weight is 253 g/mol. The number of nitrogens with two attached hydrogens (primary N) is 1. The Balaban J connectivity index is 2.44. The van der Waals surface area contributed by atoms with Crippen molar-refractivity contribution in [1.82, 2.24) is 0 Å². The Morgan fingerprint density at radius 1 is 1.21 bits per heavy atom. The van der Waals surface area contributed by atoms with Crippen LogP contribution in [-0.2, 0) is 0 Å². The van der Waals surface area contributed by atoms with E-state index in [1.807, 2.05) is 48.3 Å². The summed E-state index contributed by atoms with van der Waals surface area (Å²) in [4.78, 5) is 1.93. The lowest BCUT2D eigenvalue weighted by Gasteiger charge is -2.22. The minimum Gasteiger partial charge on any atom is -0.495 e. The van der Waals surface area contributed by atoms with Crippen molar-refractivity contribution in [1.29, 1.82) is 5.26 Å². The van der Waals surface area contributed by atoms with Crippen LogP contribution in [0.25, 0.3) is 0 Å². The van der Waals surface area contributed by atoms with E-state index >= 15 is 0 Å². The van der Waals surface area contributed by atoms with Gasteiger partial charge in [0.05, 0.1) is 30.1 Å². The zero-order valence-corrected chi connectivity index (χ0v) is 10.9. The van der Waals surface area contributed by atoms with Crippen molar-refractivity contribution in [2.45, 2.75) is 0 Å². The van der Waals surface area contributed by atoms with Gasteiger partial charge in [0, 0.05) is 12.7 Å². The van der Waals surface area contributed by atoms with Crippen molar-refractivity contribution < 1.29 is 4.74 Å². The van der Waals surface area contributed by atoms with E-state index in [1.54, 1.807) is 13.2 Å². The molecule has 0 saturated heterocycles. The van der Waals surface area contributed by atoms with Crippen LogP contribution in [0.5, 0.6) is 5.75 Å². The fraction of sp³-hybridized carbons (Fsp3) is 0.133. The first-order valence-corrected chi connectivity index (χ1v) is 5.83. The van der Waals surface area contributed by atoms with Crippen LogP contribution in [0.4, 0.5) is 17.1 Å². The van der Waals surface area contributed by atoms with E-state index in [-0.39, 0.29) is 0 Å². The molecule has 0 amide bonds. The Morgan fingerprint density at radius 3 is 2.63 bits per heavy atom. The average Bonchev–Trinajstić information content (AvgIpc) is 2.47. The second-order valence-electron chi connectivity index (χ2n) is 4.11. The van der Waals surface area contributed by atoms with Gasteiger partial charge >= 0.3 is 0 Å². The second-order valence-corrected chi connectivity index (χ2v) is 4.11.